The van der Waals surface area contributed by atoms with Crippen LogP contribution in [0.4, 0.5) is 17.1 Å². The summed E-state index contributed by atoms with van der Waals surface area (Å²) in [5, 5.41) is 6.65. The molecule has 3 aromatic carbocycles. The van der Waals surface area contributed by atoms with Gasteiger partial charge in [0.05, 0.1) is 33.4 Å². The summed E-state index contributed by atoms with van der Waals surface area (Å²) >= 11 is 9.58. The largest absolute Gasteiger partial charge is 0.459 e. The number of halogens is 2. The fourth-order valence-electron chi connectivity index (χ4n) is 3.55. The number of esters is 1. The van der Waals surface area contributed by atoms with Crippen molar-refractivity contribution < 1.29 is 22.7 Å². The summed E-state index contributed by atoms with van der Waals surface area (Å²) in [6.07, 6.45) is 1.49. The number of hydrogen-bond donors (Lipinski definition) is 2. The minimum atomic E-state index is -3.82. The molecular formula is C25H21BrClN3O5S. The van der Waals surface area contributed by atoms with Crippen molar-refractivity contribution in [1.82, 2.24) is 3.97 Å². The van der Waals surface area contributed by atoms with Crippen molar-refractivity contribution in [3.05, 3.63) is 81.9 Å². The first kappa shape index (κ1) is 25.7. The number of benzene rings is 3. The molecule has 2 N–H and O–H groups in total. The van der Waals surface area contributed by atoms with Gasteiger partial charge in [0.1, 0.15) is 0 Å². The molecule has 0 bridgehead atoms. The number of nitrogens with one attached hydrogen (secondary N) is 2. The van der Waals surface area contributed by atoms with E-state index in [4.69, 9.17) is 16.3 Å². The lowest BCUT2D eigenvalue weighted by Gasteiger charge is -2.15. The van der Waals surface area contributed by atoms with Gasteiger partial charge in [0, 0.05) is 21.7 Å². The minimum Gasteiger partial charge on any atom is -0.459 e. The average molecular weight is 591 g/mol. The minimum absolute atomic E-state index is 0.0585. The van der Waals surface area contributed by atoms with Crippen LogP contribution >= 0.6 is 27.5 Å². The van der Waals surface area contributed by atoms with E-state index in [2.05, 4.69) is 26.6 Å². The maximum Gasteiger partial charge on any atom is 0.397 e. The van der Waals surface area contributed by atoms with Gasteiger partial charge in [0.15, 0.2) is 0 Å². The normalized spacial score (nSPS) is 11.3. The molecular weight excluding hydrogens is 570 g/mol. The Hall–Kier alpha value is -3.34. The van der Waals surface area contributed by atoms with Crippen LogP contribution in [0.3, 0.4) is 0 Å². The second-order valence-corrected chi connectivity index (χ2v) is 10.9. The first-order chi connectivity index (χ1) is 17.1. The number of ether oxygens (including phenoxy) is 1. The monoisotopic (exact) mass is 589 g/mol. The van der Waals surface area contributed by atoms with Crippen molar-refractivity contribution in [1.29, 1.82) is 0 Å². The van der Waals surface area contributed by atoms with Crippen LogP contribution in [-0.2, 0) is 24.3 Å². The van der Waals surface area contributed by atoms with Crippen LogP contribution in [0, 0.1) is 6.92 Å². The average Bonchev–Trinajstić information content (AvgIpc) is 3.29. The van der Waals surface area contributed by atoms with Gasteiger partial charge in [0.25, 0.3) is 10.0 Å². The van der Waals surface area contributed by atoms with Gasteiger partial charge < -0.3 is 15.4 Å². The molecule has 36 heavy (non-hydrogen) atoms. The van der Waals surface area contributed by atoms with Gasteiger partial charge in [-0.3, -0.25) is 4.79 Å². The number of carbonyl (C=O) groups excluding carboxylic acids is 2. The van der Waals surface area contributed by atoms with Gasteiger partial charge in [-0.05, 0) is 72.2 Å². The van der Waals surface area contributed by atoms with Crippen molar-refractivity contribution in [2.75, 3.05) is 17.2 Å². The molecule has 4 aromatic rings. The van der Waals surface area contributed by atoms with Crippen molar-refractivity contribution in [2.24, 2.45) is 0 Å². The topological polar surface area (TPSA) is 106 Å². The zero-order valence-corrected chi connectivity index (χ0v) is 22.4. The lowest BCUT2D eigenvalue weighted by Crippen LogP contribution is -2.25. The standard InChI is InChI=1S/C25H21BrClN3O5S/c1-3-35-25(32)24(31)29-22-14-19(27)18(26)13-21(22)28-20-5-4-6-23-17(20)11-12-30(23)36(33,34)16-9-7-15(2)8-10-16/h4-14,28H,3H2,1-2H3,(H,29,31). The Morgan fingerprint density at radius 3 is 2.44 bits per heavy atom. The van der Waals surface area contributed by atoms with Crippen molar-refractivity contribution in [2.45, 2.75) is 18.7 Å². The molecule has 0 aliphatic carbocycles. The molecule has 1 heterocycles. The summed E-state index contributed by atoms with van der Waals surface area (Å²) < 4.78 is 33.1. The fourth-order valence-corrected chi connectivity index (χ4v) is 5.41. The summed E-state index contributed by atoms with van der Waals surface area (Å²) in [7, 11) is -3.82. The maximum atomic E-state index is 13.3. The highest BCUT2D eigenvalue weighted by molar-refractivity contribution is 9.10. The van der Waals surface area contributed by atoms with Gasteiger partial charge in [-0.2, -0.15) is 0 Å². The van der Waals surface area contributed by atoms with Gasteiger partial charge in [-0.25, -0.2) is 17.2 Å². The molecule has 0 saturated carbocycles. The number of aryl methyl sites for hydroxylation is 1. The lowest BCUT2D eigenvalue weighted by atomic mass is 10.2. The van der Waals surface area contributed by atoms with Crippen LogP contribution in [0.5, 0.6) is 0 Å². The molecule has 11 heteroatoms. The summed E-state index contributed by atoms with van der Waals surface area (Å²) in [5.74, 6) is -1.98. The smallest absolute Gasteiger partial charge is 0.397 e. The first-order valence-corrected chi connectivity index (χ1v) is 13.4. The molecule has 1 amide bonds. The van der Waals surface area contributed by atoms with E-state index in [0.29, 0.717) is 31.8 Å². The van der Waals surface area contributed by atoms with Crippen LogP contribution in [0.25, 0.3) is 10.9 Å². The third kappa shape index (κ3) is 5.11. The molecule has 0 aliphatic heterocycles. The Labute approximate surface area is 221 Å². The Bertz CT molecular complexity index is 1580. The van der Waals surface area contributed by atoms with E-state index in [1.807, 2.05) is 6.92 Å². The van der Waals surface area contributed by atoms with Crippen LogP contribution < -0.4 is 10.6 Å². The molecule has 0 aliphatic rings. The number of carbonyl (C=O) groups is 2. The SMILES string of the molecule is CCOC(=O)C(=O)Nc1cc(Cl)c(Br)cc1Nc1cccc2c1ccn2S(=O)(=O)c1ccc(C)cc1. The number of aromatic nitrogens is 1. The molecule has 0 atom stereocenters. The highest BCUT2D eigenvalue weighted by atomic mass is 79.9. The molecule has 186 valence electrons. The van der Waals surface area contributed by atoms with Crippen molar-refractivity contribution >= 4 is 77.4 Å². The lowest BCUT2D eigenvalue weighted by molar-refractivity contribution is -0.152. The van der Waals surface area contributed by atoms with Crippen LogP contribution in [-0.4, -0.2) is 30.9 Å². The van der Waals surface area contributed by atoms with Crippen LogP contribution in [0.15, 0.2) is 76.2 Å². The number of amides is 1. The summed E-state index contributed by atoms with van der Waals surface area (Å²) in [4.78, 5) is 24.2. The fraction of sp³-hybridized carbons (Fsp3) is 0.120. The predicted molar refractivity (Wildman–Crippen MR) is 143 cm³/mol. The zero-order valence-electron chi connectivity index (χ0n) is 19.2. The van der Waals surface area contributed by atoms with E-state index in [1.165, 1.54) is 16.2 Å². The Morgan fingerprint density at radius 1 is 1.03 bits per heavy atom. The van der Waals surface area contributed by atoms with Gasteiger partial charge in [0.2, 0.25) is 0 Å². The summed E-state index contributed by atoms with van der Waals surface area (Å²) in [6.45, 7) is 3.54. The van der Waals surface area contributed by atoms with E-state index < -0.39 is 21.9 Å². The van der Waals surface area contributed by atoms with E-state index in [1.54, 1.807) is 61.5 Å². The molecule has 1 aromatic heterocycles. The Morgan fingerprint density at radius 2 is 1.75 bits per heavy atom. The van der Waals surface area contributed by atoms with E-state index >= 15 is 0 Å². The zero-order chi connectivity index (χ0) is 26.0. The number of rotatable bonds is 6. The predicted octanol–water partition coefficient (Wildman–Crippen LogP) is 5.85. The highest BCUT2D eigenvalue weighted by Crippen LogP contribution is 2.37. The van der Waals surface area contributed by atoms with Gasteiger partial charge >= 0.3 is 11.9 Å². The van der Waals surface area contributed by atoms with Crippen LogP contribution in [0.2, 0.25) is 5.02 Å². The first-order valence-electron chi connectivity index (χ1n) is 10.8. The summed E-state index contributed by atoms with van der Waals surface area (Å²) in [6, 6.07) is 16.6. The van der Waals surface area contributed by atoms with E-state index in [9.17, 15) is 18.0 Å². The van der Waals surface area contributed by atoms with Crippen molar-refractivity contribution in [3.63, 3.8) is 0 Å². The quantitative estimate of drug-likeness (QED) is 0.216. The van der Waals surface area contributed by atoms with Crippen molar-refractivity contribution in [3.8, 4) is 0 Å². The second-order valence-electron chi connectivity index (χ2n) is 7.78. The molecule has 0 unspecified atom stereocenters. The highest BCUT2D eigenvalue weighted by Gasteiger charge is 2.21. The molecule has 4 rings (SSSR count). The molecule has 8 nitrogen and oxygen atoms in total. The Kier molecular flexibility index (Phi) is 7.39. The number of nitrogens with zero attached hydrogens (tertiary/aromatic N) is 1. The van der Waals surface area contributed by atoms with Crippen LogP contribution in [0.1, 0.15) is 12.5 Å². The number of fused-ring (bicyclic) bond motifs is 1. The second kappa shape index (κ2) is 10.3. The molecule has 0 saturated heterocycles. The third-order valence-electron chi connectivity index (χ3n) is 5.31. The van der Waals surface area contributed by atoms with E-state index in [0.717, 1.165) is 5.56 Å². The molecule has 0 radical (unpaired) electrons. The number of hydrogen-bond acceptors (Lipinski definition) is 6. The Balaban J connectivity index is 1.73. The van der Waals surface area contributed by atoms with Gasteiger partial charge in [-0.1, -0.05) is 35.4 Å². The van der Waals surface area contributed by atoms with E-state index in [-0.39, 0.29) is 17.2 Å². The molecule has 0 fully saturated rings. The maximum absolute atomic E-state index is 13.3. The molecule has 0 spiro atoms. The van der Waals surface area contributed by atoms with Gasteiger partial charge in [-0.15, -0.1) is 0 Å². The summed E-state index contributed by atoms with van der Waals surface area (Å²) in [5.41, 5.74) is 2.66. The number of anilines is 3. The third-order valence-corrected chi connectivity index (χ3v) is 8.22.